The fourth-order valence-corrected chi connectivity index (χ4v) is 5.15. The zero-order valence-electron chi connectivity index (χ0n) is 20.4. The molecular weight excluding hydrogens is 462 g/mol. The number of hydrogen-bond acceptors (Lipinski definition) is 7. The minimum Gasteiger partial charge on any atom is -0.506 e. The minimum atomic E-state index is -0.858. The highest BCUT2D eigenvalue weighted by Crippen LogP contribution is 2.49. The molecule has 1 aliphatic rings. The predicted molar refractivity (Wildman–Crippen MR) is 134 cm³/mol. The van der Waals surface area contributed by atoms with Crippen molar-refractivity contribution in [3.8, 4) is 11.5 Å². The third-order valence-corrected chi connectivity index (χ3v) is 6.59. The summed E-state index contributed by atoms with van der Waals surface area (Å²) < 4.78 is 12.7. The second-order valence-electron chi connectivity index (χ2n) is 9.67. The van der Waals surface area contributed by atoms with E-state index in [1.807, 2.05) is 38.1 Å². The van der Waals surface area contributed by atoms with Gasteiger partial charge in [0.2, 0.25) is 0 Å². The summed E-state index contributed by atoms with van der Waals surface area (Å²) in [7, 11) is 0. The third-order valence-electron chi connectivity index (χ3n) is 6.59. The van der Waals surface area contributed by atoms with Crippen molar-refractivity contribution in [1.29, 1.82) is 0 Å². The number of carbonyl (C=O) groups excluding carboxylic acids is 2. The Balaban J connectivity index is 1.94. The number of fused-ring (bicyclic) bond motifs is 4. The van der Waals surface area contributed by atoms with Crippen LogP contribution in [0, 0.1) is 12.8 Å². The number of carbonyl (C=O) groups is 2. The Bertz CT molecular complexity index is 1710. The van der Waals surface area contributed by atoms with Gasteiger partial charge in [0.25, 0.3) is 5.56 Å². The molecule has 0 saturated carbocycles. The van der Waals surface area contributed by atoms with Crippen LogP contribution < -0.4 is 15.9 Å². The Morgan fingerprint density at radius 1 is 1.17 bits per heavy atom. The number of aromatic nitrogens is 1. The number of benzene rings is 2. The molecule has 0 amide bonds. The molecule has 1 N–H and O–H groups in total. The summed E-state index contributed by atoms with van der Waals surface area (Å²) >= 11 is 0. The van der Waals surface area contributed by atoms with E-state index in [-0.39, 0.29) is 45.7 Å². The Morgan fingerprint density at radius 2 is 1.89 bits per heavy atom. The molecule has 8 heteroatoms. The Hall–Kier alpha value is -4.20. The first kappa shape index (κ1) is 23.5. The number of pyridine rings is 1. The summed E-state index contributed by atoms with van der Waals surface area (Å²) in [6.07, 6.45) is -0.197. The Morgan fingerprint density at radius 3 is 2.58 bits per heavy atom. The van der Waals surface area contributed by atoms with E-state index >= 15 is 0 Å². The van der Waals surface area contributed by atoms with E-state index in [1.165, 1.54) is 13.0 Å². The molecule has 0 fully saturated rings. The lowest BCUT2D eigenvalue weighted by Crippen LogP contribution is -2.31. The molecule has 4 aromatic rings. The van der Waals surface area contributed by atoms with Crippen LogP contribution in [0.1, 0.15) is 60.2 Å². The first-order valence-electron chi connectivity index (χ1n) is 11.8. The number of rotatable bonds is 4. The van der Waals surface area contributed by atoms with Crippen LogP contribution in [-0.2, 0) is 11.3 Å². The first-order valence-corrected chi connectivity index (χ1v) is 11.8. The van der Waals surface area contributed by atoms with E-state index < -0.39 is 29.0 Å². The van der Waals surface area contributed by atoms with Gasteiger partial charge in [0.05, 0.1) is 17.3 Å². The molecule has 8 nitrogen and oxygen atoms in total. The molecule has 5 rings (SSSR count). The fraction of sp³-hybridized carbons (Fsp3) is 0.286. The van der Waals surface area contributed by atoms with Crippen LogP contribution >= 0.6 is 0 Å². The van der Waals surface area contributed by atoms with Crippen LogP contribution in [-0.4, -0.2) is 21.4 Å². The van der Waals surface area contributed by atoms with Crippen molar-refractivity contribution in [2.45, 2.75) is 46.6 Å². The Kier molecular flexibility index (Phi) is 5.54. The van der Waals surface area contributed by atoms with Gasteiger partial charge in [-0.15, -0.1) is 0 Å². The monoisotopic (exact) mass is 487 g/mol. The van der Waals surface area contributed by atoms with Crippen LogP contribution in [0.25, 0.3) is 21.9 Å². The summed E-state index contributed by atoms with van der Waals surface area (Å²) in [6.45, 7) is 7.34. The number of Topliss-reactive ketones (excluding diaryl/α,β-unsaturated/α-hetero) is 1. The van der Waals surface area contributed by atoms with E-state index in [2.05, 4.69) is 0 Å². The number of aryl methyl sites for hydroxylation is 1. The summed E-state index contributed by atoms with van der Waals surface area (Å²) in [5, 5.41) is 12.0. The van der Waals surface area contributed by atoms with Gasteiger partial charge in [-0.1, -0.05) is 32.0 Å². The maximum Gasteiger partial charge on any atom is 0.336 e. The summed E-state index contributed by atoms with van der Waals surface area (Å²) in [4.78, 5) is 51.7. The summed E-state index contributed by atoms with van der Waals surface area (Å²) in [5.41, 5.74) is 0.581. The number of phenolic OH excluding ortho intramolecular Hbond substituents is 1. The second kappa shape index (κ2) is 8.48. The molecule has 3 heterocycles. The maximum absolute atomic E-state index is 13.9. The zero-order valence-corrected chi connectivity index (χ0v) is 20.4. The highest BCUT2D eigenvalue weighted by molar-refractivity contribution is 6.09. The molecule has 184 valence electrons. The van der Waals surface area contributed by atoms with Gasteiger partial charge >= 0.3 is 11.6 Å². The quantitative estimate of drug-likeness (QED) is 0.196. The van der Waals surface area contributed by atoms with Crippen LogP contribution in [0.15, 0.2) is 50.4 Å². The van der Waals surface area contributed by atoms with Gasteiger partial charge in [-0.05, 0) is 42.8 Å². The van der Waals surface area contributed by atoms with E-state index in [0.717, 1.165) is 10.9 Å². The SMILES string of the molecule is CC(=O)c1c2c(c3oc(=O)cc(C)c3c1O)[C@H](c1cc3ccccc3n(CC(C)C)c1=O)CC(=O)O2. The van der Waals surface area contributed by atoms with Crippen molar-refractivity contribution in [2.75, 3.05) is 0 Å². The van der Waals surface area contributed by atoms with Crippen molar-refractivity contribution < 1.29 is 23.8 Å². The fourth-order valence-electron chi connectivity index (χ4n) is 5.15. The summed E-state index contributed by atoms with van der Waals surface area (Å²) in [5.74, 6) is -2.48. The average Bonchev–Trinajstić information content (AvgIpc) is 2.79. The van der Waals surface area contributed by atoms with Crippen molar-refractivity contribution in [3.05, 3.63) is 79.4 Å². The first-order chi connectivity index (χ1) is 17.1. The van der Waals surface area contributed by atoms with Crippen LogP contribution in [0.2, 0.25) is 0 Å². The van der Waals surface area contributed by atoms with Gasteiger partial charge in [0.15, 0.2) is 11.5 Å². The smallest absolute Gasteiger partial charge is 0.336 e. The number of ether oxygens (including phenoxy) is 1. The van der Waals surface area contributed by atoms with Gasteiger partial charge in [0.1, 0.15) is 16.9 Å². The largest absolute Gasteiger partial charge is 0.506 e. The molecule has 0 bridgehead atoms. The van der Waals surface area contributed by atoms with E-state index in [1.54, 1.807) is 17.6 Å². The number of esters is 1. The lowest BCUT2D eigenvalue weighted by atomic mass is 9.82. The number of hydrogen-bond donors (Lipinski definition) is 1. The lowest BCUT2D eigenvalue weighted by molar-refractivity contribution is -0.135. The van der Waals surface area contributed by atoms with Crippen LogP contribution in [0.4, 0.5) is 0 Å². The predicted octanol–water partition coefficient (Wildman–Crippen LogP) is 4.42. The third kappa shape index (κ3) is 3.61. The molecule has 0 saturated heterocycles. The van der Waals surface area contributed by atoms with Crippen molar-refractivity contribution >= 4 is 33.6 Å². The van der Waals surface area contributed by atoms with Crippen LogP contribution in [0.3, 0.4) is 0 Å². The van der Waals surface area contributed by atoms with Crippen molar-refractivity contribution in [2.24, 2.45) is 5.92 Å². The van der Waals surface area contributed by atoms with Gasteiger partial charge in [-0.3, -0.25) is 14.4 Å². The maximum atomic E-state index is 13.9. The second-order valence-corrected chi connectivity index (χ2v) is 9.67. The van der Waals surface area contributed by atoms with Gasteiger partial charge in [0, 0.05) is 29.7 Å². The molecule has 0 unspecified atom stereocenters. The molecule has 36 heavy (non-hydrogen) atoms. The van der Waals surface area contributed by atoms with Crippen molar-refractivity contribution in [3.63, 3.8) is 0 Å². The van der Waals surface area contributed by atoms with Gasteiger partial charge in [-0.2, -0.15) is 0 Å². The topological polar surface area (TPSA) is 116 Å². The molecule has 2 aromatic heterocycles. The van der Waals surface area contributed by atoms with Gasteiger partial charge < -0.3 is 18.8 Å². The van der Waals surface area contributed by atoms with E-state index in [4.69, 9.17) is 9.15 Å². The number of ketones is 1. The highest BCUT2D eigenvalue weighted by atomic mass is 16.5. The number of phenols is 1. The number of aromatic hydroxyl groups is 1. The highest BCUT2D eigenvalue weighted by Gasteiger charge is 2.38. The van der Waals surface area contributed by atoms with Gasteiger partial charge in [-0.25, -0.2) is 4.79 Å². The zero-order chi connectivity index (χ0) is 25.9. The van der Waals surface area contributed by atoms with E-state index in [9.17, 15) is 24.3 Å². The number of nitrogens with zero attached hydrogens (tertiary/aromatic N) is 1. The lowest BCUT2D eigenvalue weighted by Gasteiger charge is -2.28. The number of para-hydroxylation sites is 1. The molecule has 0 spiro atoms. The molecular formula is C28H25NO7. The minimum absolute atomic E-state index is 0.00188. The Labute approximate surface area is 205 Å². The summed E-state index contributed by atoms with van der Waals surface area (Å²) in [6, 6.07) is 10.4. The van der Waals surface area contributed by atoms with Crippen molar-refractivity contribution in [1.82, 2.24) is 4.57 Å². The van der Waals surface area contributed by atoms with Crippen LogP contribution in [0.5, 0.6) is 11.5 Å². The average molecular weight is 488 g/mol. The normalized spacial score (nSPS) is 15.4. The standard InChI is InChI=1S/C28H25NO7/c1-13(2)12-29-19-8-6-5-7-16(19)10-18(28(29)34)17-11-21(32)36-27-23(15(4)30)25(33)22-14(3)9-20(31)35-26(22)24(17)27/h5-10,13,17,33H,11-12H2,1-4H3/t17-/m0/s1. The molecule has 0 radical (unpaired) electrons. The van der Waals surface area contributed by atoms with E-state index in [0.29, 0.717) is 17.7 Å². The molecule has 2 aromatic carbocycles. The molecule has 0 aliphatic carbocycles. The molecule has 1 aliphatic heterocycles. The molecule has 1 atom stereocenters.